The molecule has 1 aliphatic heterocycles. The molecule has 1 aliphatic carbocycles. The van der Waals surface area contributed by atoms with Crippen molar-refractivity contribution in [3.8, 4) is 0 Å². The molecule has 4 rings (SSSR count). The predicted octanol–water partition coefficient (Wildman–Crippen LogP) is 2.34. The number of para-hydroxylation sites is 1. The van der Waals surface area contributed by atoms with Crippen LogP contribution in [0.15, 0.2) is 65.6 Å². The number of nitrogens with zero attached hydrogens (tertiary/aromatic N) is 2. The van der Waals surface area contributed by atoms with Gasteiger partial charge in [-0.1, -0.05) is 36.4 Å². The van der Waals surface area contributed by atoms with Crippen LogP contribution in [0.2, 0.25) is 0 Å². The molecule has 6 heteroatoms. The third kappa shape index (κ3) is 2.78. The third-order valence-electron chi connectivity index (χ3n) is 5.35. The van der Waals surface area contributed by atoms with E-state index in [-0.39, 0.29) is 10.8 Å². The first kappa shape index (κ1) is 17.1. The molecule has 2 aliphatic rings. The average Bonchev–Trinajstić information content (AvgIpc) is 3.51. The molecule has 0 unspecified atom stereocenters. The molecule has 0 bridgehead atoms. The summed E-state index contributed by atoms with van der Waals surface area (Å²) in [5.41, 5.74) is 1.14. The van der Waals surface area contributed by atoms with Crippen LogP contribution in [0.3, 0.4) is 0 Å². The van der Waals surface area contributed by atoms with Crippen LogP contribution in [0, 0.1) is 0 Å². The standard InChI is InChI=1S/C20H22N2O3S/c23-19(20(11-12-20)26(24,25)18-9-5-2-6-10-18)22-15-13-21(14-16-22)17-7-3-1-4-8-17/h1-10H,11-16H2. The molecule has 0 radical (unpaired) electrons. The highest BCUT2D eigenvalue weighted by Gasteiger charge is 2.62. The van der Waals surface area contributed by atoms with Crippen molar-refractivity contribution in [2.75, 3.05) is 31.1 Å². The van der Waals surface area contributed by atoms with E-state index in [0.29, 0.717) is 25.9 Å². The number of hydrogen-bond donors (Lipinski definition) is 0. The van der Waals surface area contributed by atoms with Crippen LogP contribution in [0.5, 0.6) is 0 Å². The van der Waals surface area contributed by atoms with Crippen LogP contribution in [-0.2, 0) is 14.6 Å². The number of anilines is 1. The minimum atomic E-state index is -3.65. The molecule has 136 valence electrons. The molecule has 5 nitrogen and oxygen atoms in total. The third-order valence-corrected chi connectivity index (χ3v) is 7.85. The van der Waals surface area contributed by atoms with E-state index in [1.165, 1.54) is 0 Å². The SMILES string of the molecule is O=C(N1CCN(c2ccccc2)CC1)C1(S(=O)(=O)c2ccccc2)CC1. The summed E-state index contributed by atoms with van der Waals surface area (Å²) in [7, 11) is -3.65. The van der Waals surface area contributed by atoms with Gasteiger partial charge in [0.2, 0.25) is 5.91 Å². The maximum atomic E-state index is 13.1. The van der Waals surface area contributed by atoms with Crippen molar-refractivity contribution in [3.05, 3.63) is 60.7 Å². The van der Waals surface area contributed by atoms with Crippen molar-refractivity contribution in [2.45, 2.75) is 22.5 Å². The largest absolute Gasteiger partial charge is 0.368 e. The first-order valence-corrected chi connectivity index (χ1v) is 10.4. The van der Waals surface area contributed by atoms with E-state index in [4.69, 9.17) is 0 Å². The van der Waals surface area contributed by atoms with Gasteiger partial charge in [-0.25, -0.2) is 8.42 Å². The van der Waals surface area contributed by atoms with Gasteiger partial charge in [-0.15, -0.1) is 0 Å². The summed E-state index contributed by atoms with van der Waals surface area (Å²) < 4.78 is 24.8. The number of carbonyl (C=O) groups is 1. The number of piperazine rings is 1. The number of hydrogen-bond acceptors (Lipinski definition) is 4. The first-order valence-electron chi connectivity index (χ1n) is 8.94. The van der Waals surface area contributed by atoms with Gasteiger partial charge in [0.15, 0.2) is 14.6 Å². The molecule has 1 heterocycles. The van der Waals surface area contributed by atoms with Crippen molar-refractivity contribution in [1.29, 1.82) is 0 Å². The van der Waals surface area contributed by atoms with E-state index < -0.39 is 14.6 Å². The summed E-state index contributed by atoms with van der Waals surface area (Å²) in [4.78, 5) is 17.3. The molecule has 2 aromatic carbocycles. The van der Waals surface area contributed by atoms with Gasteiger partial charge in [0.05, 0.1) is 4.90 Å². The van der Waals surface area contributed by atoms with Gasteiger partial charge < -0.3 is 9.80 Å². The molecule has 0 spiro atoms. The van der Waals surface area contributed by atoms with Crippen LogP contribution in [0.1, 0.15) is 12.8 Å². The van der Waals surface area contributed by atoms with E-state index in [1.54, 1.807) is 35.2 Å². The second kappa shape index (κ2) is 6.43. The fraction of sp³-hybridized carbons (Fsp3) is 0.350. The van der Waals surface area contributed by atoms with Crippen LogP contribution in [0.25, 0.3) is 0 Å². The molecular formula is C20H22N2O3S. The van der Waals surface area contributed by atoms with Gasteiger partial charge in [-0.2, -0.15) is 0 Å². The Balaban J connectivity index is 1.49. The average molecular weight is 370 g/mol. The summed E-state index contributed by atoms with van der Waals surface area (Å²) in [6, 6.07) is 18.4. The fourth-order valence-corrected chi connectivity index (χ4v) is 5.60. The van der Waals surface area contributed by atoms with Gasteiger partial charge >= 0.3 is 0 Å². The fourth-order valence-electron chi connectivity index (χ4n) is 3.63. The molecule has 1 saturated carbocycles. The van der Waals surface area contributed by atoms with Gasteiger partial charge in [0.1, 0.15) is 0 Å². The topological polar surface area (TPSA) is 57.7 Å². The Morgan fingerprint density at radius 1 is 0.808 bits per heavy atom. The van der Waals surface area contributed by atoms with E-state index in [2.05, 4.69) is 17.0 Å². The zero-order valence-electron chi connectivity index (χ0n) is 14.5. The maximum absolute atomic E-state index is 13.1. The zero-order valence-corrected chi connectivity index (χ0v) is 15.4. The molecule has 1 saturated heterocycles. The first-order chi connectivity index (χ1) is 12.5. The minimum absolute atomic E-state index is 0.228. The van der Waals surface area contributed by atoms with Crippen LogP contribution >= 0.6 is 0 Å². The molecule has 0 N–H and O–H groups in total. The second-order valence-electron chi connectivity index (χ2n) is 6.93. The Morgan fingerprint density at radius 3 is 1.88 bits per heavy atom. The Morgan fingerprint density at radius 2 is 1.35 bits per heavy atom. The lowest BCUT2D eigenvalue weighted by atomic mass is 10.2. The monoisotopic (exact) mass is 370 g/mol. The number of sulfone groups is 1. The smallest absolute Gasteiger partial charge is 0.244 e. The van der Waals surface area contributed by atoms with E-state index in [0.717, 1.165) is 18.8 Å². The van der Waals surface area contributed by atoms with Gasteiger partial charge in [-0.3, -0.25) is 4.79 Å². The molecule has 26 heavy (non-hydrogen) atoms. The van der Waals surface area contributed by atoms with Gasteiger partial charge in [0, 0.05) is 31.9 Å². The number of benzene rings is 2. The van der Waals surface area contributed by atoms with Crippen LogP contribution < -0.4 is 4.90 Å². The molecular weight excluding hydrogens is 348 g/mol. The van der Waals surface area contributed by atoms with E-state index in [1.807, 2.05) is 18.2 Å². The van der Waals surface area contributed by atoms with Crippen molar-refractivity contribution >= 4 is 21.4 Å². The van der Waals surface area contributed by atoms with Crippen LogP contribution in [-0.4, -0.2) is 50.2 Å². The quantitative estimate of drug-likeness (QED) is 0.829. The lowest BCUT2D eigenvalue weighted by Crippen LogP contribution is -2.53. The Labute approximate surface area is 154 Å². The highest BCUT2D eigenvalue weighted by atomic mass is 32.2. The number of amides is 1. The molecule has 1 amide bonds. The lowest BCUT2D eigenvalue weighted by Gasteiger charge is -2.37. The van der Waals surface area contributed by atoms with Crippen molar-refractivity contribution in [2.24, 2.45) is 0 Å². The van der Waals surface area contributed by atoms with Crippen molar-refractivity contribution < 1.29 is 13.2 Å². The van der Waals surface area contributed by atoms with Gasteiger partial charge in [0.25, 0.3) is 0 Å². The Bertz CT molecular complexity index is 885. The van der Waals surface area contributed by atoms with E-state index >= 15 is 0 Å². The van der Waals surface area contributed by atoms with Crippen LogP contribution in [0.4, 0.5) is 5.69 Å². The molecule has 2 fully saturated rings. The highest BCUT2D eigenvalue weighted by Crippen LogP contribution is 2.48. The number of carbonyl (C=O) groups excluding carboxylic acids is 1. The lowest BCUT2D eigenvalue weighted by molar-refractivity contribution is -0.131. The Kier molecular flexibility index (Phi) is 4.23. The zero-order chi connectivity index (χ0) is 18.2. The normalized spacial score (nSPS) is 19.2. The maximum Gasteiger partial charge on any atom is 0.244 e. The number of rotatable bonds is 4. The molecule has 0 aromatic heterocycles. The predicted molar refractivity (Wildman–Crippen MR) is 101 cm³/mol. The second-order valence-corrected chi connectivity index (χ2v) is 9.19. The molecule has 0 atom stereocenters. The summed E-state index contributed by atoms with van der Waals surface area (Å²) >= 11 is 0. The van der Waals surface area contributed by atoms with Gasteiger partial charge in [-0.05, 0) is 37.1 Å². The summed E-state index contributed by atoms with van der Waals surface area (Å²) in [6.45, 7) is 2.55. The molecule has 2 aromatic rings. The highest BCUT2D eigenvalue weighted by molar-refractivity contribution is 7.94. The summed E-state index contributed by atoms with van der Waals surface area (Å²) in [5, 5.41) is 0. The van der Waals surface area contributed by atoms with Crippen molar-refractivity contribution in [1.82, 2.24) is 4.90 Å². The minimum Gasteiger partial charge on any atom is -0.368 e. The Hall–Kier alpha value is -2.34. The van der Waals surface area contributed by atoms with Crippen molar-refractivity contribution in [3.63, 3.8) is 0 Å². The van der Waals surface area contributed by atoms with E-state index in [9.17, 15) is 13.2 Å². The summed E-state index contributed by atoms with van der Waals surface area (Å²) in [6.07, 6.45) is 0.837. The summed E-state index contributed by atoms with van der Waals surface area (Å²) in [5.74, 6) is -0.228.